The molecule has 1 saturated heterocycles. The number of amides is 1. The van der Waals surface area contributed by atoms with Crippen LogP contribution in [0.2, 0.25) is 0 Å². The predicted molar refractivity (Wildman–Crippen MR) is 74.9 cm³/mol. The molecule has 0 unspecified atom stereocenters. The summed E-state index contributed by atoms with van der Waals surface area (Å²) in [6, 6.07) is 0. The first-order valence-corrected chi connectivity index (χ1v) is 7.11. The third-order valence-corrected chi connectivity index (χ3v) is 3.95. The van der Waals surface area contributed by atoms with Gasteiger partial charge in [-0.25, -0.2) is 0 Å². The second kappa shape index (κ2) is 5.93. The van der Waals surface area contributed by atoms with E-state index in [0.29, 0.717) is 11.8 Å². The van der Waals surface area contributed by atoms with Crippen molar-refractivity contribution in [3.8, 4) is 0 Å². The molecule has 0 radical (unpaired) electrons. The molecule has 1 rings (SSSR count). The molecule has 0 aromatic rings. The maximum absolute atomic E-state index is 12.3. The minimum atomic E-state index is -0.838. The van der Waals surface area contributed by atoms with Gasteiger partial charge < -0.3 is 10.0 Å². The lowest BCUT2D eigenvalue weighted by atomic mass is 9.85. The number of nitrogens with zero attached hydrogens (tertiary/aromatic N) is 1. The Morgan fingerprint density at radius 1 is 1.16 bits per heavy atom. The molecule has 1 aliphatic rings. The van der Waals surface area contributed by atoms with Crippen LogP contribution in [0.15, 0.2) is 0 Å². The molecule has 4 heteroatoms. The van der Waals surface area contributed by atoms with Crippen LogP contribution in [0.4, 0.5) is 0 Å². The molecule has 19 heavy (non-hydrogen) atoms. The van der Waals surface area contributed by atoms with Crippen LogP contribution >= 0.6 is 0 Å². The molecule has 110 valence electrons. The van der Waals surface area contributed by atoms with Crippen molar-refractivity contribution in [2.75, 3.05) is 13.1 Å². The Morgan fingerprint density at radius 3 is 2.37 bits per heavy atom. The van der Waals surface area contributed by atoms with Crippen LogP contribution in [0.5, 0.6) is 0 Å². The number of aliphatic carboxylic acids is 1. The van der Waals surface area contributed by atoms with Crippen molar-refractivity contribution in [2.24, 2.45) is 10.8 Å². The van der Waals surface area contributed by atoms with Crippen LogP contribution in [0.25, 0.3) is 0 Å². The fourth-order valence-corrected chi connectivity index (χ4v) is 2.67. The van der Waals surface area contributed by atoms with E-state index in [0.717, 1.165) is 32.4 Å². The molecule has 0 spiro atoms. The molecule has 1 heterocycles. The number of likely N-dealkylation sites (tertiary alicyclic amines) is 1. The normalized spacial score (nSPS) is 19.9. The standard InChI is InChI=1S/C15H27NO3/c1-14(2)6-5-8-16(9-7-14)12(17)10-15(3,4)11-13(18)19/h5-11H2,1-4H3,(H,18,19). The summed E-state index contributed by atoms with van der Waals surface area (Å²) in [6.45, 7) is 9.80. The minimum Gasteiger partial charge on any atom is -0.481 e. The Kier molecular flexibility index (Phi) is 4.99. The summed E-state index contributed by atoms with van der Waals surface area (Å²) in [5, 5.41) is 8.86. The van der Waals surface area contributed by atoms with Gasteiger partial charge in [-0.2, -0.15) is 0 Å². The molecule has 0 aliphatic carbocycles. The number of hydrogen-bond acceptors (Lipinski definition) is 2. The fourth-order valence-electron chi connectivity index (χ4n) is 2.67. The molecule has 1 fully saturated rings. The number of rotatable bonds is 4. The van der Waals surface area contributed by atoms with E-state index in [1.54, 1.807) is 0 Å². The Hall–Kier alpha value is -1.06. The average Bonchev–Trinajstić information content (AvgIpc) is 2.36. The van der Waals surface area contributed by atoms with Gasteiger partial charge in [0, 0.05) is 19.5 Å². The van der Waals surface area contributed by atoms with Crippen molar-refractivity contribution in [3.05, 3.63) is 0 Å². The van der Waals surface area contributed by atoms with Crippen LogP contribution in [0.1, 0.15) is 59.8 Å². The SMILES string of the molecule is CC1(C)CCCN(C(=O)CC(C)(C)CC(=O)O)CC1. The van der Waals surface area contributed by atoms with Crippen LogP contribution in [0, 0.1) is 10.8 Å². The highest BCUT2D eigenvalue weighted by molar-refractivity contribution is 5.78. The van der Waals surface area contributed by atoms with Crippen molar-refractivity contribution >= 4 is 11.9 Å². The highest BCUT2D eigenvalue weighted by atomic mass is 16.4. The molecule has 0 bridgehead atoms. The molecule has 1 aliphatic heterocycles. The number of hydrogen-bond donors (Lipinski definition) is 1. The van der Waals surface area contributed by atoms with Gasteiger partial charge in [-0.15, -0.1) is 0 Å². The van der Waals surface area contributed by atoms with Gasteiger partial charge >= 0.3 is 5.97 Å². The number of carboxylic acid groups (broad SMARTS) is 1. The van der Waals surface area contributed by atoms with Gasteiger partial charge in [0.05, 0.1) is 6.42 Å². The van der Waals surface area contributed by atoms with Crippen molar-refractivity contribution in [2.45, 2.75) is 59.8 Å². The van der Waals surface area contributed by atoms with Gasteiger partial charge in [-0.3, -0.25) is 9.59 Å². The summed E-state index contributed by atoms with van der Waals surface area (Å²) >= 11 is 0. The molecule has 0 aromatic heterocycles. The highest BCUT2D eigenvalue weighted by Crippen LogP contribution is 2.31. The van der Waals surface area contributed by atoms with Gasteiger partial charge in [0.25, 0.3) is 0 Å². The minimum absolute atomic E-state index is 0.0398. The van der Waals surface area contributed by atoms with Crippen molar-refractivity contribution < 1.29 is 14.7 Å². The van der Waals surface area contributed by atoms with E-state index >= 15 is 0 Å². The second-order valence-corrected chi connectivity index (χ2v) is 7.31. The first kappa shape index (κ1) is 16.0. The predicted octanol–water partition coefficient (Wildman–Crippen LogP) is 2.92. The van der Waals surface area contributed by atoms with Gasteiger partial charge in [0.15, 0.2) is 0 Å². The zero-order valence-corrected chi connectivity index (χ0v) is 12.7. The van der Waals surface area contributed by atoms with Crippen LogP contribution in [0.3, 0.4) is 0 Å². The summed E-state index contributed by atoms with van der Waals surface area (Å²) in [6.07, 6.45) is 3.57. The first-order chi connectivity index (χ1) is 8.61. The fraction of sp³-hybridized carbons (Fsp3) is 0.867. The summed E-state index contributed by atoms with van der Waals surface area (Å²) in [4.78, 5) is 25.0. The summed E-state index contributed by atoms with van der Waals surface area (Å²) in [7, 11) is 0. The number of carboxylic acids is 1. The van der Waals surface area contributed by atoms with Crippen LogP contribution in [-0.4, -0.2) is 35.0 Å². The molecule has 0 aromatic carbocycles. The van der Waals surface area contributed by atoms with Gasteiger partial charge in [0.1, 0.15) is 0 Å². The maximum atomic E-state index is 12.3. The van der Waals surface area contributed by atoms with Crippen molar-refractivity contribution in [1.82, 2.24) is 4.90 Å². The van der Waals surface area contributed by atoms with Gasteiger partial charge in [-0.1, -0.05) is 27.7 Å². The Balaban J connectivity index is 2.56. The van der Waals surface area contributed by atoms with E-state index < -0.39 is 11.4 Å². The van der Waals surface area contributed by atoms with E-state index in [1.165, 1.54) is 0 Å². The molecular formula is C15H27NO3. The van der Waals surface area contributed by atoms with E-state index in [4.69, 9.17) is 5.11 Å². The zero-order chi connectivity index (χ0) is 14.7. The van der Waals surface area contributed by atoms with Gasteiger partial charge in [-0.05, 0) is 30.1 Å². The largest absolute Gasteiger partial charge is 0.481 e. The second-order valence-electron chi connectivity index (χ2n) is 7.31. The van der Waals surface area contributed by atoms with E-state index in [-0.39, 0.29) is 12.3 Å². The summed E-state index contributed by atoms with van der Waals surface area (Å²) in [5.41, 5.74) is -0.156. The van der Waals surface area contributed by atoms with E-state index in [9.17, 15) is 9.59 Å². The van der Waals surface area contributed by atoms with E-state index in [2.05, 4.69) is 13.8 Å². The molecule has 0 atom stereocenters. The molecule has 4 nitrogen and oxygen atoms in total. The Bertz CT molecular complexity index is 347. The summed E-state index contributed by atoms with van der Waals surface area (Å²) < 4.78 is 0. The molecule has 1 N–H and O–H groups in total. The quantitative estimate of drug-likeness (QED) is 0.853. The van der Waals surface area contributed by atoms with Crippen LogP contribution < -0.4 is 0 Å². The first-order valence-electron chi connectivity index (χ1n) is 7.11. The lowest BCUT2D eigenvalue weighted by molar-refractivity contribution is -0.140. The smallest absolute Gasteiger partial charge is 0.303 e. The Labute approximate surface area is 116 Å². The van der Waals surface area contributed by atoms with E-state index in [1.807, 2.05) is 18.7 Å². The lowest BCUT2D eigenvalue weighted by Crippen LogP contribution is -2.35. The third kappa shape index (κ3) is 5.62. The lowest BCUT2D eigenvalue weighted by Gasteiger charge is -2.28. The molecular weight excluding hydrogens is 242 g/mol. The summed E-state index contributed by atoms with van der Waals surface area (Å²) in [5.74, 6) is -0.737. The Morgan fingerprint density at radius 2 is 1.79 bits per heavy atom. The van der Waals surface area contributed by atoms with Crippen molar-refractivity contribution in [1.29, 1.82) is 0 Å². The topological polar surface area (TPSA) is 57.6 Å². The highest BCUT2D eigenvalue weighted by Gasteiger charge is 2.30. The average molecular weight is 269 g/mol. The monoisotopic (exact) mass is 269 g/mol. The van der Waals surface area contributed by atoms with Gasteiger partial charge in [0.2, 0.25) is 5.91 Å². The number of carbonyl (C=O) groups is 2. The third-order valence-electron chi connectivity index (χ3n) is 3.95. The molecule has 0 saturated carbocycles. The molecule has 1 amide bonds. The zero-order valence-electron chi connectivity index (χ0n) is 12.7. The maximum Gasteiger partial charge on any atom is 0.303 e. The van der Waals surface area contributed by atoms with Crippen molar-refractivity contribution in [3.63, 3.8) is 0 Å². The van der Waals surface area contributed by atoms with Crippen LogP contribution in [-0.2, 0) is 9.59 Å². The number of carbonyl (C=O) groups excluding carboxylic acids is 1.